The second kappa shape index (κ2) is 5.49. The van der Waals surface area contributed by atoms with Crippen LogP contribution < -0.4 is 11.1 Å². The van der Waals surface area contributed by atoms with Crippen molar-refractivity contribution in [2.24, 2.45) is 10.7 Å². The van der Waals surface area contributed by atoms with Crippen LogP contribution in [0.1, 0.15) is 30.0 Å². The lowest BCUT2D eigenvalue weighted by Gasteiger charge is -2.07. The van der Waals surface area contributed by atoms with Crippen molar-refractivity contribution in [3.63, 3.8) is 0 Å². The van der Waals surface area contributed by atoms with E-state index >= 15 is 0 Å². The van der Waals surface area contributed by atoms with Crippen molar-refractivity contribution in [3.05, 3.63) is 48.0 Å². The molecule has 1 aliphatic rings. The molecule has 1 aromatic rings. The molecule has 0 saturated carbocycles. The zero-order chi connectivity index (χ0) is 13.0. The highest BCUT2D eigenvalue weighted by Gasteiger charge is 2.26. The first-order valence-electron chi connectivity index (χ1n) is 6.04. The zero-order valence-corrected chi connectivity index (χ0v) is 10.2. The first-order valence-corrected chi connectivity index (χ1v) is 6.04. The molecule has 0 bridgehead atoms. The summed E-state index contributed by atoms with van der Waals surface area (Å²) in [6, 6.07) is 7.45. The Kier molecular flexibility index (Phi) is 3.77. The van der Waals surface area contributed by atoms with E-state index in [4.69, 9.17) is 5.73 Å². The Morgan fingerprint density at radius 3 is 3.00 bits per heavy atom. The maximum absolute atomic E-state index is 11.6. The molecule has 94 valence electrons. The van der Waals surface area contributed by atoms with Crippen LogP contribution in [0.2, 0.25) is 0 Å². The average Bonchev–Trinajstić information content (AvgIpc) is 2.69. The SMILES string of the molecule is C=CCCCc1cccc([C@H]2N=C(N)NC2=O)c1. The van der Waals surface area contributed by atoms with Gasteiger partial charge in [0, 0.05) is 0 Å². The molecule has 1 aromatic carbocycles. The Bertz CT molecular complexity index is 494. The van der Waals surface area contributed by atoms with Crippen LogP contribution in [0.15, 0.2) is 41.9 Å². The molecule has 0 fully saturated rings. The highest BCUT2D eigenvalue weighted by Crippen LogP contribution is 2.22. The molecule has 1 amide bonds. The number of nitrogens with zero attached hydrogens (tertiary/aromatic N) is 1. The van der Waals surface area contributed by atoms with Gasteiger partial charge in [0.05, 0.1) is 0 Å². The van der Waals surface area contributed by atoms with Gasteiger partial charge in [-0.25, -0.2) is 4.99 Å². The first-order chi connectivity index (χ1) is 8.70. The largest absolute Gasteiger partial charge is 0.370 e. The Morgan fingerprint density at radius 1 is 1.50 bits per heavy atom. The third kappa shape index (κ3) is 2.77. The number of carbonyl (C=O) groups excluding carboxylic acids is 1. The van der Waals surface area contributed by atoms with Crippen LogP contribution in [0, 0.1) is 0 Å². The average molecular weight is 243 g/mol. The molecule has 0 aromatic heterocycles. The number of unbranched alkanes of at least 4 members (excludes halogenated alkanes) is 1. The van der Waals surface area contributed by atoms with Gasteiger partial charge in [0.1, 0.15) is 0 Å². The topological polar surface area (TPSA) is 67.5 Å². The maximum Gasteiger partial charge on any atom is 0.256 e. The van der Waals surface area contributed by atoms with Crippen LogP contribution in [0.3, 0.4) is 0 Å². The molecule has 0 radical (unpaired) electrons. The highest BCUT2D eigenvalue weighted by atomic mass is 16.2. The molecule has 1 atom stereocenters. The number of aliphatic imine (C=N–C) groups is 1. The lowest BCUT2D eigenvalue weighted by atomic mass is 10.0. The van der Waals surface area contributed by atoms with Crippen molar-refractivity contribution in [3.8, 4) is 0 Å². The molecule has 0 unspecified atom stereocenters. The van der Waals surface area contributed by atoms with Gasteiger partial charge in [0.2, 0.25) is 0 Å². The van der Waals surface area contributed by atoms with Crippen molar-refractivity contribution in [1.29, 1.82) is 0 Å². The van der Waals surface area contributed by atoms with E-state index in [1.54, 1.807) is 0 Å². The van der Waals surface area contributed by atoms with Gasteiger partial charge in [-0.05, 0) is 30.4 Å². The van der Waals surface area contributed by atoms with E-state index in [1.165, 1.54) is 5.56 Å². The van der Waals surface area contributed by atoms with Gasteiger partial charge < -0.3 is 5.73 Å². The Balaban J connectivity index is 2.12. The Hall–Kier alpha value is -2.10. The van der Waals surface area contributed by atoms with Gasteiger partial charge in [-0.1, -0.05) is 30.3 Å². The number of benzene rings is 1. The fourth-order valence-corrected chi connectivity index (χ4v) is 2.02. The second-order valence-electron chi connectivity index (χ2n) is 4.33. The minimum Gasteiger partial charge on any atom is -0.370 e. The summed E-state index contributed by atoms with van der Waals surface area (Å²) in [7, 11) is 0. The maximum atomic E-state index is 11.6. The van der Waals surface area contributed by atoms with Crippen LogP contribution in [0.4, 0.5) is 0 Å². The van der Waals surface area contributed by atoms with Crippen LogP contribution in [0.5, 0.6) is 0 Å². The predicted octanol–water partition coefficient (Wildman–Crippen LogP) is 1.68. The minimum atomic E-state index is -0.496. The first kappa shape index (κ1) is 12.4. The van der Waals surface area contributed by atoms with E-state index in [1.807, 2.05) is 24.3 Å². The molecule has 1 heterocycles. The molecule has 4 nitrogen and oxygen atoms in total. The van der Waals surface area contributed by atoms with Gasteiger partial charge >= 0.3 is 0 Å². The van der Waals surface area contributed by atoms with E-state index < -0.39 is 6.04 Å². The van der Waals surface area contributed by atoms with E-state index in [0.29, 0.717) is 0 Å². The summed E-state index contributed by atoms with van der Waals surface area (Å²) in [5.74, 6) is 0.0396. The van der Waals surface area contributed by atoms with Crippen LogP contribution >= 0.6 is 0 Å². The number of amides is 1. The normalized spacial score (nSPS) is 18.3. The fourth-order valence-electron chi connectivity index (χ4n) is 2.02. The number of rotatable bonds is 5. The number of nitrogens with two attached hydrogens (primary N) is 1. The van der Waals surface area contributed by atoms with Crippen LogP contribution in [-0.4, -0.2) is 11.9 Å². The van der Waals surface area contributed by atoms with E-state index in [9.17, 15) is 4.79 Å². The van der Waals surface area contributed by atoms with Crippen LogP contribution in [-0.2, 0) is 11.2 Å². The summed E-state index contributed by atoms with van der Waals surface area (Å²) in [4.78, 5) is 15.7. The Labute approximate surface area is 107 Å². The second-order valence-corrected chi connectivity index (χ2v) is 4.33. The number of hydrogen-bond donors (Lipinski definition) is 2. The van der Waals surface area contributed by atoms with Crippen molar-refractivity contribution >= 4 is 11.9 Å². The van der Waals surface area contributed by atoms with E-state index in [-0.39, 0.29) is 11.9 Å². The molecule has 3 N–H and O–H groups in total. The van der Waals surface area contributed by atoms with Crippen LogP contribution in [0.25, 0.3) is 0 Å². The van der Waals surface area contributed by atoms with Gasteiger partial charge in [0.15, 0.2) is 12.0 Å². The Morgan fingerprint density at radius 2 is 2.33 bits per heavy atom. The minimum absolute atomic E-state index is 0.157. The summed E-state index contributed by atoms with van der Waals surface area (Å²) >= 11 is 0. The molecule has 0 spiro atoms. The quantitative estimate of drug-likeness (QED) is 0.610. The highest BCUT2D eigenvalue weighted by molar-refractivity contribution is 6.04. The number of nitrogens with one attached hydrogen (secondary N) is 1. The lowest BCUT2D eigenvalue weighted by Crippen LogP contribution is -2.31. The summed E-state index contributed by atoms with van der Waals surface area (Å²) in [6.07, 6.45) is 4.96. The zero-order valence-electron chi connectivity index (χ0n) is 10.2. The van der Waals surface area contributed by atoms with Gasteiger partial charge in [-0.2, -0.15) is 0 Å². The number of guanidine groups is 1. The molecule has 1 aliphatic heterocycles. The predicted molar refractivity (Wildman–Crippen MR) is 72.1 cm³/mol. The summed E-state index contributed by atoms with van der Waals surface area (Å²) < 4.78 is 0. The third-order valence-corrected chi connectivity index (χ3v) is 2.91. The lowest BCUT2D eigenvalue weighted by molar-refractivity contribution is -0.120. The summed E-state index contributed by atoms with van der Waals surface area (Å²) in [5.41, 5.74) is 7.60. The van der Waals surface area contributed by atoms with E-state index in [2.05, 4.69) is 23.0 Å². The van der Waals surface area contributed by atoms with Gasteiger partial charge in [0.25, 0.3) is 5.91 Å². The summed E-state index contributed by atoms with van der Waals surface area (Å²) in [6.45, 7) is 3.71. The molecule has 0 saturated heterocycles. The number of hydrogen-bond acceptors (Lipinski definition) is 3. The molecular weight excluding hydrogens is 226 g/mol. The number of carbonyl (C=O) groups is 1. The molecule has 18 heavy (non-hydrogen) atoms. The van der Waals surface area contributed by atoms with Crippen molar-refractivity contribution in [2.75, 3.05) is 0 Å². The number of aryl methyl sites for hydroxylation is 1. The van der Waals surface area contributed by atoms with Gasteiger partial charge in [-0.15, -0.1) is 6.58 Å². The van der Waals surface area contributed by atoms with E-state index in [0.717, 1.165) is 24.8 Å². The smallest absolute Gasteiger partial charge is 0.256 e. The standard InChI is InChI=1S/C14H17N3O/c1-2-3-4-6-10-7-5-8-11(9-10)12-13(18)17-14(15)16-12/h2,5,7-9,12H,1,3-4,6H2,(H3,15,16,17,18)/t12-/m1/s1. The molecule has 2 rings (SSSR count). The van der Waals surface area contributed by atoms with Gasteiger partial charge in [-0.3, -0.25) is 10.1 Å². The monoisotopic (exact) mass is 243 g/mol. The third-order valence-electron chi connectivity index (χ3n) is 2.91. The fraction of sp³-hybridized carbons (Fsp3) is 0.286. The van der Waals surface area contributed by atoms with Crippen molar-refractivity contribution in [1.82, 2.24) is 5.32 Å². The molecular formula is C14H17N3O. The van der Waals surface area contributed by atoms with Crippen molar-refractivity contribution in [2.45, 2.75) is 25.3 Å². The number of allylic oxidation sites excluding steroid dienone is 1. The molecule has 4 heteroatoms. The van der Waals surface area contributed by atoms with Crippen molar-refractivity contribution < 1.29 is 4.79 Å². The molecule has 0 aliphatic carbocycles. The summed E-state index contributed by atoms with van der Waals surface area (Å²) in [5, 5.41) is 2.51.